The van der Waals surface area contributed by atoms with E-state index in [1.54, 1.807) is 0 Å². The number of hydrogen-bond acceptors (Lipinski definition) is 3. The van der Waals surface area contributed by atoms with Crippen molar-refractivity contribution in [2.75, 3.05) is 6.54 Å². The van der Waals surface area contributed by atoms with E-state index in [0.717, 1.165) is 6.42 Å². The fraction of sp³-hybridized carbons (Fsp3) is 0.833. The predicted octanol–water partition coefficient (Wildman–Crippen LogP) is -0.221. The van der Waals surface area contributed by atoms with Crippen molar-refractivity contribution in [2.45, 2.75) is 26.0 Å². The molecule has 0 fully saturated rings. The van der Waals surface area contributed by atoms with Crippen LogP contribution in [0.25, 0.3) is 0 Å². The van der Waals surface area contributed by atoms with Gasteiger partial charge in [0.25, 0.3) is 0 Å². The van der Waals surface area contributed by atoms with Crippen molar-refractivity contribution >= 4 is 5.97 Å². The maximum absolute atomic E-state index is 9.93. The van der Waals surface area contributed by atoms with Gasteiger partial charge in [-0.15, -0.1) is 0 Å². The first-order valence-corrected chi connectivity index (χ1v) is 3.30. The summed E-state index contributed by atoms with van der Waals surface area (Å²) in [6.07, 6.45) is 0.752. The molecule has 0 saturated carbocycles. The van der Waals surface area contributed by atoms with Crippen LogP contribution in [0.2, 0.25) is 0 Å². The summed E-state index contributed by atoms with van der Waals surface area (Å²) < 4.78 is 0. The number of carboxylic acid groups (broad SMARTS) is 1. The summed E-state index contributed by atoms with van der Waals surface area (Å²) in [6, 6.07) is 0. The first kappa shape index (κ1) is 9.39. The lowest BCUT2D eigenvalue weighted by Crippen LogP contribution is -2.33. The number of aliphatic hydroxyl groups is 1. The molecule has 60 valence electrons. The molecule has 0 aromatic rings. The van der Waals surface area contributed by atoms with Crippen LogP contribution in [0.1, 0.15) is 19.8 Å². The van der Waals surface area contributed by atoms with Gasteiger partial charge in [-0.3, -0.25) is 10.1 Å². The van der Waals surface area contributed by atoms with Crippen LogP contribution in [0.15, 0.2) is 0 Å². The average Bonchev–Trinajstić information content (AvgIpc) is 1.85. The van der Waals surface area contributed by atoms with E-state index in [1.165, 1.54) is 0 Å². The molecule has 0 heterocycles. The number of carbonyl (C=O) groups is 1. The number of rotatable bonds is 5. The molecule has 1 atom stereocenters. The Balaban J connectivity index is 3.21. The molecule has 0 aliphatic heterocycles. The summed E-state index contributed by atoms with van der Waals surface area (Å²) in [6.45, 7) is 1.74. The zero-order chi connectivity index (χ0) is 7.98. The van der Waals surface area contributed by atoms with Crippen LogP contribution in [0, 0.1) is 0 Å². The molecule has 4 nitrogen and oxygen atoms in total. The third kappa shape index (κ3) is 5.53. The van der Waals surface area contributed by atoms with Crippen molar-refractivity contribution in [3.8, 4) is 0 Å². The number of aliphatic carboxylic acids is 1. The second kappa shape index (κ2) is 5.20. The summed E-state index contributed by atoms with van der Waals surface area (Å²) >= 11 is 0. The average molecular weight is 147 g/mol. The third-order valence-corrected chi connectivity index (χ3v) is 1.05. The highest BCUT2D eigenvalue weighted by molar-refractivity contribution is 5.68. The Morgan fingerprint density at radius 3 is 2.70 bits per heavy atom. The molecule has 0 rings (SSSR count). The summed E-state index contributed by atoms with van der Waals surface area (Å²) in [5.74, 6) is -0.949. The van der Waals surface area contributed by atoms with Crippen molar-refractivity contribution in [1.29, 1.82) is 0 Å². The maximum Gasteiger partial charge on any atom is 0.317 e. The van der Waals surface area contributed by atoms with Gasteiger partial charge in [-0.25, -0.2) is 0 Å². The Labute approximate surface area is 59.9 Å². The van der Waals surface area contributed by atoms with Crippen LogP contribution in [0.4, 0.5) is 0 Å². The third-order valence-electron chi connectivity index (χ3n) is 1.05. The Hall–Kier alpha value is -0.610. The van der Waals surface area contributed by atoms with Crippen molar-refractivity contribution in [1.82, 2.24) is 5.32 Å². The van der Waals surface area contributed by atoms with Crippen molar-refractivity contribution < 1.29 is 15.0 Å². The summed E-state index contributed by atoms with van der Waals surface area (Å²) in [4.78, 5) is 9.93. The Kier molecular flexibility index (Phi) is 4.88. The second-order valence-corrected chi connectivity index (χ2v) is 2.08. The minimum Gasteiger partial charge on any atom is -0.480 e. The molecular formula is C6H13NO3. The fourth-order valence-corrected chi connectivity index (χ4v) is 0.581. The van der Waals surface area contributed by atoms with Crippen LogP contribution >= 0.6 is 0 Å². The fourth-order valence-electron chi connectivity index (χ4n) is 0.581. The molecule has 0 aromatic carbocycles. The van der Waals surface area contributed by atoms with E-state index in [-0.39, 0.29) is 6.54 Å². The van der Waals surface area contributed by atoms with Gasteiger partial charge in [0.15, 0.2) is 0 Å². The highest BCUT2D eigenvalue weighted by Crippen LogP contribution is 1.90. The van der Waals surface area contributed by atoms with E-state index in [1.807, 2.05) is 6.92 Å². The Morgan fingerprint density at radius 1 is 1.70 bits per heavy atom. The minimum absolute atomic E-state index is 0.179. The summed E-state index contributed by atoms with van der Waals surface area (Å²) in [5.41, 5.74) is 0. The number of hydrogen-bond donors (Lipinski definition) is 3. The highest BCUT2D eigenvalue weighted by atomic mass is 16.4. The zero-order valence-electron chi connectivity index (χ0n) is 6.00. The Bertz CT molecular complexity index is 105. The van der Waals surface area contributed by atoms with Gasteiger partial charge in [-0.05, 0) is 6.42 Å². The standard InChI is InChI=1S/C6H13NO3/c1-2-3-5(8)7-4-6(9)10/h5,7-8H,2-4H2,1H3,(H,9,10). The van der Waals surface area contributed by atoms with Gasteiger partial charge in [0, 0.05) is 0 Å². The number of nitrogens with one attached hydrogen (secondary N) is 1. The molecule has 0 aromatic heterocycles. The van der Waals surface area contributed by atoms with E-state index in [2.05, 4.69) is 5.32 Å². The first-order chi connectivity index (χ1) is 4.66. The first-order valence-electron chi connectivity index (χ1n) is 3.30. The molecule has 0 bridgehead atoms. The lowest BCUT2D eigenvalue weighted by molar-refractivity contribution is -0.136. The van der Waals surface area contributed by atoms with E-state index in [9.17, 15) is 4.79 Å². The molecule has 3 N–H and O–H groups in total. The van der Waals surface area contributed by atoms with Gasteiger partial charge in [0.05, 0.1) is 6.54 Å². The number of aliphatic hydroxyl groups excluding tert-OH is 1. The maximum atomic E-state index is 9.93. The molecule has 0 radical (unpaired) electrons. The van der Waals surface area contributed by atoms with Gasteiger partial charge >= 0.3 is 5.97 Å². The van der Waals surface area contributed by atoms with E-state index in [4.69, 9.17) is 10.2 Å². The van der Waals surface area contributed by atoms with Gasteiger partial charge in [0.1, 0.15) is 6.23 Å². The van der Waals surface area contributed by atoms with Crippen molar-refractivity contribution in [3.63, 3.8) is 0 Å². The van der Waals surface area contributed by atoms with Crippen molar-refractivity contribution in [2.24, 2.45) is 0 Å². The van der Waals surface area contributed by atoms with E-state index >= 15 is 0 Å². The lowest BCUT2D eigenvalue weighted by Gasteiger charge is -2.08. The van der Waals surface area contributed by atoms with Crippen LogP contribution in [-0.2, 0) is 4.79 Å². The van der Waals surface area contributed by atoms with E-state index in [0.29, 0.717) is 6.42 Å². The number of carboxylic acids is 1. The highest BCUT2D eigenvalue weighted by Gasteiger charge is 2.02. The molecular weight excluding hydrogens is 134 g/mol. The molecule has 1 unspecified atom stereocenters. The lowest BCUT2D eigenvalue weighted by atomic mass is 10.3. The van der Waals surface area contributed by atoms with Gasteiger partial charge < -0.3 is 10.2 Å². The normalized spacial score (nSPS) is 13.0. The minimum atomic E-state index is -0.949. The predicted molar refractivity (Wildman–Crippen MR) is 36.6 cm³/mol. The molecule has 0 amide bonds. The topological polar surface area (TPSA) is 69.6 Å². The van der Waals surface area contributed by atoms with Crippen LogP contribution < -0.4 is 5.32 Å². The van der Waals surface area contributed by atoms with Gasteiger partial charge in [-0.2, -0.15) is 0 Å². The quantitative estimate of drug-likeness (QED) is 0.470. The second-order valence-electron chi connectivity index (χ2n) is 2.08. The van der Waals surface area contributed by atoms with Crippen molar-refractivity contribution in [3.05, 3.63) is 0 Å². The summed E-state index contributed by atoms with van der Waals surface area (Å²) in [7, 11) is 0. The molecule has 10 heavy (non-hydrogen) atoms. The molecule has 0 aliphatic carbocycles. The molecule has 4 heteroatoms. The monoisotopic (exact) mass is 147 g/mol. The van der Waals surface area contributed by atoms with Gasteiger partial charge in [-0.1, -0.05) is 13.3 Å². The van der Waals surface area contributed by atoms with Gasteiger partial charge in [0.2, 0.25) is 0 Å². The zero-order valence-corrected chi connectivity index (χ0v) is 6.00. The van der Waals surface area contributed by atoms with E-state index < -0.39 is 12.2 Å². The molecule has 0 spiro atoms. The Morgan fingerprint density at radius 2 is 2.30 bits per heavy atom. The van der Waals surface area contributed by atoms with Crippen LogP contribution in [0.3, 0.4) is 0 Å². The molecule has 0 saturated heterocycles. The van der Waals surface area contributed by atoms with Crippen LogP contribution in [0.5, 0.6) is 0 Å². The SMILES string of the molecule is CCCC(O)NCC(=O)O. The van der Waals surface area contributed by atoms with Crippen LogP contribution in [-0.4, -0.2) is 29.0 Å². The molecule has 0 aliphatic rings. The summed E-state index contributed by atoms with van der Waals surface area (Å²) in [5, 5.41) is 19.5. The largest absolute Gasteiger partial charge is 0.480 e. The smallest absolute Gasteiger partial charge is 0.317 e.